The number of carbonyl (C=O) groups is 1. The molecule has 2 rings (SSSR count). The van der Waals surface area contributed by atoms with Gasteiger partial charge in [0.05, 0.1) is 12.2 Å². The summed E-state index contributed by atoms with van der Waals surface area (Å²) in [4.78, 5) is 21.9. The fraction of sp³-hybridized carbons (Fsp3) is 0.308. The third-order valence-corrected chi connectivity index (χ3v) is 3.48. The first kappa shape index (κ1) is 12.7. The van der Waals surface area contributed by atoms with Crippen molar-refractivity contribution < 1.29 is 4.79 Å². The number of pyridine rings is 1. The Kier molecular flexibility index (Phi) is 3.72. The van der Waals surface area contributed by atoms with Gasteiger partial charge in [-0.3, -0.25) is 9.78 Å². The lowest BCUT2D eigenvalue weighted by Gasteiger charge is -2.15. The largest absolute Gasteiger partial charge is 0.345 e. The lowest BCUT2D eigenvalue weighted by atomic mass is 10.3. The number of carbonyl (C=O) groups excluding carboxylic acids is 1. The Morgan fingerprint density at radius 1 is 1.39 bits per heavy atom. The van der Waals surface area contributed by atoms with E-state index in [0.717, 1.165) is 16.5 Å². The highest BCUT2D eigenvalue weighted by Crippen LogP contribution is 2.20. The van der Waals surface area contributed by atoms with Crippen LogP contribution >= 0.6 is 11.3 Å². The number of hydrogen-bond donors (Lipinski definition) is 0. The van der Waals surface area contributed by atoms with Gasteiger partial charge in [-0.1, -0.05) is 6.07 Å². The molecule has 0 bridgehead atoms. The van der Waals surface area contributed by atoms with Crippen molar-refractivity contribution >= 4 is 22.3 Å². The van der Waals surface area contributed by atoms with Crippen LogP contribution in [-0.2, 0) is 6.54 Å². The molecule has 2 aromatic rings. The molecule has 0 radical (unpaired) electrons. The van der Waals surface area contributed by atoms with Crippen molar-refractivity contribution in [2.45, 2.75) is 20.4 Å². The van der Waals surface area contributed by atoms with Gasteiger partial charge in [0.15, 0.2) is 10.9 Å². The minimum absolute atomic E-state index is 0.000388. The van der Waals surface area contributed by atoms with E-state index in [1.807, 2.05) is 37.1 Å². The van der Waals surface area contributed by atoms with E-state index in [2.05, 4.69) is 9.97 Å². The molecule has 0 aliphatic carbocycles. The Hall–Kier alpha value is -1.75. The van der Waals surface area contributed by atoms with Crippen LogP contribution in [0.3, 0.4) is 0 Å². The van der Waals surface area contributed by atoms with E-state index < -0.39 is 0 Å². The maximum absolute atomic E-state index is 11.2. The minimum atomic E-state index is -0.000388. The zero-order valence-corrected chi connectivity index (χ0v) is 11.5. The molecule has 0 spiro atoms. The third kappa shape index (κ3) is 2.92. The number of aryl methyl sites for hydroxylation is 1. The predicted octanol–water partition coefficient (Wildman–Crippen LogP) is 2.69. The molecular weight excluding hydrogens is 246 g/mol. The van der Waals surface area contributed by atoms with E-state index in [1.54, 1.807) is 5.38 Å². The minimum Gasteiger partial charge on any atom is -0.345 e. The van der Waals surface area contributed by atoms with Gasteiger partial charge in [-0.2, -0.15) is 0 Å². The fourth-order valence-electron chi connectivity index (χ4n) is 1.60. The van der Waals surface area contributed by atoms with Gasteiger partial charge < -0.3 is 4.90 Å². The average Bonchev–Trinajstić information content (AvgIpc) is 2.78. The van der Waals surface area contributed by atoms with Gasteiger partial charge in [0, 0.05) is 25.0 Å². The fourth-order valence-corrected chi connectivity index (χ4v) is 2.43. The van der Waals surface area contributed by atoms with Crippen LogP contribution in [0.5, 0.6) is 0 Å². The monoisotopic (exact) mass is 261 g/mol. The van der Waals surface area contributed by atoms with Gasteiger partial charge in [-0.05, 0) is 19.1 Å². The molecule has 0 aliphatic heterocycles. The molecule has 0 saturated carbocycles. The quantitative estimate of drug-likeness (QED) is 0.794. The second kappa shape index (κ2) is 5.27. The Morgan fingerprint density at radius 2 is 2.17 bits per heavy atom. The smallest absolute Gasteiger partial charge is 0.186 e. The summed E-state index contributed by atoms with van der Waals surface area (Å²) in [5, 5.41) is 2.63. The summed E-state index contributed by atoms with van der Waals surface area (Å²) < 4.78 is 0. The summed E-state index contributed by atoms with van der Waals surface area (Å²) in [6.45, 7) is 4.19. The SMILES string of the molecule is CC(=O)c1csc(N(C)Cc2cccc(C)n2)n1. The maximum Gasteiger partial charge on any atom is 0.186 e. The van der Waals surface area contributed by atoms with Crippen molar-refractivity contribution in [1.82, 2.24) is 9.97 Å². The average molecular weight is 261 g/mol. The third-order valence-electron chi connectivity index (χ3n) is 2.52. The molecule has 4 nitrogen and oxygen atoms in total. The topological polar surface area (TPSA) is 46.1 Å². The number of aromatic nitrogens is 2. The summed E-state index contributed by atoms with van der Waals surface area (Å²) in [7, 11) is 1.95. The molecule has 94 valence electrons. The van der Waals surface area contributed by atoms with Gasteiger partial charge in [0.25, 0.3) is 0 Å². The number of nitrogens with zero attached hydrogens (tertiary/aromatic N) is 3. The molecule has 0 atom stereocenters. The van der Waals surface area contributed by atoms with Crippen molar-refractivity contribution in [3.05, 3.63) is 40.7 Å². The lowest BCUT2D eigenvalue weighted by molar-refractivity contribution is 0.101. The molecular formula is C13H15N3OS. The van der Waals surface area contributed by atoms with Crippen LogP contribution in [0.1, 0.15) is 28.8 Å². The van der Waals surface area contributed by atoms with E-state index >= 15 is 0 Å². The van der Waals surface area contributed by atoms with Crippen LogP contribution in [0.2, 0.25) is 0 Å². The number of rotatable bonds is 4. The van der Waals surface area contributed by atoms with Crippen molar-refractivity contribution in [2.75, 3.05) is 11.9 Å². The second-order valence-corrected chi connectivity index (χ2v) is 5.03. The summed E-state index contributed by atoms with van der Waals surface area (Å²) >= 11 is 1.48. The number of Topliss-reactive ketones (excluding diaryl/α,β-unsaturated/α-hetero) is 1. The molecule has 5 heteroatoms. The Morgan fingerprint density at radius 3 is 2.78 bits per heavy atom. The van der Waals surface area contributed by atoms with Crippen LogP contribution in [0.25, 0.3) is 0 Å². The first-order chi connectivity index (χ1) is 8.56. The van der Waals surface area contributed by atoms with Crippen LogP contribution in [0, 0.1) is 6.92 Å². The standard InChI is InChI=1S/C13H15N3OS/c1-9-5-4-6-11(14-9)7-16(3)13-15-12(8-18-13)10(2)17/h4-6,8H,7H2,1-3H3. The number of hydrogen-bond acceptors (Lipinski definition) is 5. The Bertz CT molecular complexity index is 565. The number of ketones is 1. The molecule has 0 unspecified atom stereocenters. The summed E-state index contributed by atoms with van der Waals surface area (Å²) in [6, 6.07) is 5.96. The first-order valence-corrected chi connectivity index (χ1v) is 6.54. The van der Waals surface area contributed by atoms with Gasteiger partial charge in [0.2, 0.25) is 0 Å². The number of thiazole rings is 1. The molecule has 0 aliphatic rings. The van der Waals surface area contributed by atoms with Crippen LogP contribution in [0.15, 0.2) is 23.6 Å². The van der Waals surface area contributed by atoms with E-state index in [9.17, 15) is 4.79 Å². The Labute approximate surface area is 110 Å². The van der Waals surface area contributed by atoms with Crippen LogP contribution in [-0.4, -0.2) is 22.8 Å². The van der Waals surface area contributed by atoms with Crippen molar-refractivity contribution in [3.63, 3.8) is 0 Å². The van der Waals surface area contributed by atoms with E-state index in [-0.39, 0.29) is 5.78 Å². The summed E-state index contributed by atoms with van der Waals surface area (Å²) in [5.41, 5.74) is 2.53. The normalized spacial score (nSPS) is 10.4. The van der Waals surface area contributed by atoms with Gasteiger partial charge in [-0.15, -0.1) is 11.3 Å². The van der Waals surface area contributed by atoms with Crippen LogP contribution < -0.4 is 4.90 Å². The highest BCUT2D eigenvalue weighted by molar-refractivity contribution is 7.13. The van der Waals surface area contributed by atoms with Crippen molar-refractivity contribution in [3.8, 4) is 0 Å². The molecule has 2 aromatic heterocycles. The van der Waals surface area contributed by atoms with Gasteiger partial charge >= 0.3 is 0 Å². The van der Waals surface area contributed by atoms with Crippen molar-refractivity contribution in [1.29, 1.82) is 0 Å². The van der Waals surface area contributed by atoms with Gasteiger partial charge in [-0.25, -0.2) is 4.98 Å². The zero-order chi connectivity index (χ0) is 13.1. The highest BCUT2D eigenvalue weighted by Gasteiger charge is 2.10. The van der Waals surface area contributed by atoms with E-state index in [1.165, 1.54) is 18.3 Å². The summed E-state index contributed by atoms with van der Waals surface area (Å²) in [5.74, 6) is -0.000388. The Balaban J connectivity index is 2.11. The summed E-state index contributed by atoms with van der Waals surface area (Å²) in [6.07, 6.45) is 0. The van der Waals surface area contributed by atoms with Gasteiger partial charge in [0.1, 0.15) is 5.69 Å². The molecule has 0 N–H and O–H groups in total. The molecule has 0 aromatic carbocycles. The second-order valence-electron chi connectivity index (χ2n) is 4.20. The molecule has 0 saturated heterocycles. The zero-order valence-electron chi connectivity index (χ0n) is 10.7. The highest BCUT2D eigenvalue weighted by atomic mass is 32.1. The lowest BCUT2D eigenvalue weighted by Crippen LogP contribution is -2.17. The number of anilines is 1. The van der Waals surface area contributed by atoms with Crippen molar-refractivity contribution in [2.24, 2.45) is 0 Å². The molecule has 18 heavy (non-hydrogen) atoms. The molecule has 2 heterocycles. The van der Waals surface area contributed by atoms with E-state index in [0.29, 0.717) is 12.2 Å². The predicted molar refractivity (Wildman–Crippen MR) is 73.2 cm³/mol. The molecule has 0 fully saturated rings. The first-order valence-electron chi connectivity index (χ1n) is 5.66. The molecule has 0 amide bonds. The van der Waals surface area contributed by atoms with E-state index in [4.69, 9.17) is 0 Å². The van der Waals surface area contributed by atoms with Crippen LogP contribution in [0.4, 0.5) is 5.13 Å². The maximum atomic E-state index is 11.2.